The van der Waals surface area contributed by atoms with E-state index in [4.69, 9.17) is 5.73 Å². The second kappa shape index (κ2) is 6.89. The zero-order valence-electron chi connectivity index (χ0n) is 12.6. The predicted octanol–water partition coefficient (Wildman–Crippen LogP) is 2.62. The van der Waals surface area contributed by atoms with Crippen LogP contribution in [0.25, 0.3) is 0 Å². The molecule has 1 heterocycles. The lowest BCUT2D eigenvalue weighted by Gasteiger charge is -2.17. The molecule has 1 saturated heterocycles. The first kappa shape index (κ1) is 15.0. The van der Waals surface area contributed by atoms with Gasteiger partial charge < -0.3 is 10.6 Å². The number of rotatable bonds is 5. The van der Waals surface area contributed by atoms with Crippen LogP contribution < -0.4 is 5.73 Å². The summed E-state index contributed by atoms with van der Waals surface area (Å²) in [7, 11) is 0. The van der Waals surface area contributed by atoms with E-state index >= 15 is 0 Å². The van der Waals surface area contributed by atoms with Gasteiger partial charge in [0.05, 0.1) is 0 Å². The van der Waals surface area contributed by atoms with Gasteiger partial charge in [0, 0.05) is 25.4 Å². The van der Waals surface area contributed by atoms with Gasteiger partial charge in [-0.3, -0.25) is 4.79 Å². The quantitative estimate of drug-likeness (QED) is 0.897. The van der Waals surface area contributed by atoms with Crippen molar-refractivity contribution in [1.29, 1.82) is 0 Å². The van der Waals surface area contributed by atoms with E-state index < -0.39 is 0 Å². The molecule has 3 nitrogen and oxygen atoms in total. The molecule has 3 heteroatoms. The standard InChI is InChI=1S/C17H26N2O/c1-13(2)8-9-17(20)19-11-15(10-18)16(12-19)14-6-4-3-5-7-14/h3-7,13,15-16H,8-12,18H2,1-2H3/t15-,16+/m1/s1. The summed E-state index contributed by atoms with van der Waals surface area (Å²) in [5, 5.41) is 0. The maximum absolute atomic E-state index is 12.3. The van der Waals surface area contributed by atoms with Crippen molar-refractivity contribution in [3.05, 3.63) is 35.9 Å². The van der Waals surface area contributed by atoms with E-state index in [0.29, 0.717) is 30.7 Å². The van der Waals surface area contributed by atoms with E-state index in [1.165, 1.54) is 5.56 Å². The highest BCUT2D eigenvalue weighted by Gasteiger charge is 2.34. The summed E-state index contributed by atoms with van der Waals surface area (Å²) in [5.41, 5.74) is 7.22. The van der Waals surface area contributed by atoms with Crippen molar-refractivity contribution in [2.45, 2.75) is 32.6 Å². The number of nitrogens with zero attached hydrogens (tertiary/aromatic N) is 1. The van der Waals surface area contributed by atoms with Crippen molar-refractivity contribution in [3.8, 4) is 0 Å². The van der Waals surface area contributed by atoms with Gasteiger partial charge in [0.25, 0.3) is 0 Å². The van der Waals surface area contributed by atoms with Crippen LogP contribution in [0, 0.1) is 11.8 Å². The third-order valence-electron chi connectivity index (χ3n) is 4.26. The summed E-state index contributed by atoms with van der Waals surface area (Å²) in [4.78, 5) is 14.3. The van der Waals surface area contributed by atoms with Crippen molar-refractivity contribution in [2.75, 3.05) is 19.6 Å². The summed E-state index contributed by atoms with van der Waals surface area (Å²) >= 11 is 0. The first-order valence-corrected chi connectivity index (χ1v) is 7.64. The minimum Gasteiger partial charge on any atom is -0.342 e. The first-order valence-electron chi connectivity index (χ1n) is 7.64. The van der Waals surface area contributed by atoms with Gasteiger partial charge in [-0.05, 0) is 30.4 Å². The van der Waals surface area contributed by atoms with Crippen LogP contribution in [0.3, 0.4) is 0 Å². The van der Waals surface area contributed by atoms with Crippen LogP contribution in [0.15, 0.2) is 30.3 Å². The van der Waals surface area contributed by atoms with E-state index in [2.05, 4.69) is 38.1 Å². The van der Waals surface area contributed by atoms with Crippen molar-refractivity contribution in [2.24, 2.45) is 17.6 Å². The van der Waals surface area contributed by atoms with Gasteiger partial charge in [0.15, 0.2) is 0 Å². The number of carbonyl (C=O) groups is 1. The van der Waals surface area contributed by atoms with Gasteiger partial charge in [-0.2, -0.15) is 0 Å². The highest BCUT2D eigenvalue weighted by Crippen LogP contribution is 2.32. The molecule has 0 radical (unpaired) electrons. The van der Waals surface area contributed by atoms with Crippen molar-refractivity contribution in [1.82, 2.24) is 4.90 Å². The molecule has 110 valence electrons. The molecule has 2 rings (SSSR count). The SMILES string of the molecule is CC(C)CCC(=O)N1C[C@@H](CN)[C@H](c2ccccc2)C1. The minimum atomic E-state index is 0.288. The summed E-state index contributed by atoms with van der Waals surface area (Å²) in [6.07, 6.45) is 1.63. The van der Waals surface area contributed by atoms with Crippen LogP contribution in [-0.4, -0.2) is 30.4 Å². The van der Waals surface area contributed by atoms with E-state index in [-0.39, 0.29) is 5.91 Å². The molecule has 1 aliphatic heterocycles. The Balaban J connectivity index is 2.01. The lowest BCUT2D eigenvalue weighted by molar-refractivity contribution is -0.130. The Morgan fingerprint density at radius 3 is 2.60 bits per heavy atom. The Morgan fingerprint density at radius 2 is 2.00 bits per heavy atom. The van der Waals surface area contributed by atoms with Crippen LogP contribution in [0.1, 0.15) is 38.2 Å². The highest BCUT2D eigenvalue weighted by molar-refractivity contribution is 5.76. The maximum atomic E-state index is 12.3. The number of nitrogens with two attached hydrogens (primary N) is 1. The fourth-order valence-electron chi connectivity index (χ4n) is 2.96. The Labute approximate surface area is 122 Å². The fraction of sp³-hybridized carbons (Fsp3) is 0.588. The molecule has 1 aromatic rings. The highest BCUT2D eigenvalue weighted by atomic mass is 16.2. The zero-order valence-corrected chi connectivity index (χ0v) is 12.6. The van der Waals surface area contributed by atoms with Gasteiger partial charge >= 0.3 is 0 Å². The molecule has 0 bridgehead atoms. The summed E-state index contributed by atoms with van der Waals surface area (Å²) in [6.45, 7) is 6.60. The van der Waals surface area contributed by atoms with E-state index in [0.717, 1.165) is 19.5 Å². The monoisotopic (exact) mass is 274 g/mol. The Kier molecular flexibility index (Phi) is 5.18. The lowest BCUT2D eigenvalue weighted by atomic mass is 9.89. The van der Waals surface area contributed by atoms with Gasteiger partial charge in [-0.1, -0.05) is 44.2 Å². The second-order valence-corrected chi connectivity index (χ2v) is 6.24. The van der Waals surface area contributed by atoms with Gasteiger partial charge in [-0.25, -0.2) is 0 Å². The lowest BCUT2D eigenvalue weighted by Crippen LogP contribution is -2.29. The third kappa shape index (κ3) is 3.60. The van der Waals surface area contributed by atoms with Gasteiger partial charge in [-0.15, -0.1) is 0 Å². The smallest absolute Gasteiger partial charge is 0.222 e. The first-order chi connectivity index (χ1) is 9.61. The molecule has 1 aromatic carbocycles. The van der Waals surface area contributed by atoms with Crippen LogP contribution in [0.2, 0.25) is 0 Å². The largest absolute Gasteiger partial charge is 0.342 e. The average molecular weight is 274 g/mol. The Bertz CT molecular complexity index is 430. The van der Waals surface area contributed by atoms with E-state index in [1.807, 2.05) is 11.0 Å². The number of likely N-dealkylation sites (tertiary alicyclic amines) is 1. The van der Waals surface area contributed by atoms with Crippen LogP contribution in [0.4, 0.5) is 0 Å². The van der Waals surface area contributed by atoms with Crippen molar-refractivity contribution in [3.63, 3.8) is 0 Å². The molecule has 0 aromatic heterocycles. The van der Waals surface area contributed by atoms with Crippen molar-refractivity contribution < 1.29 is 4.79 Å². The molecule has 2 N–H and O–H groups in total. The molecular weight excluding hydrogens is 248 g/mol. The van der Waals surface area contributed by atoms with Gasteiger partial charge in [0.2, 0.25) is 5.91 Å². The Morgan fingerprint density at radius 1 is 1.30 bits per heavy atom. The molecule has 0 unspecified atom stereocenters. The van der Waals surface area contributed by atoms with Crippen LogP contribution >= 0.6 is 0 Å². The number of amides is 1. The molecule has 1 aliphatic rings. The topological polar surface area (TPSA) is 46.3 Å². The molecule has 1 fully saturated rings. The van der Waals surface area contributed by atoms with E-state index in [9.17, 15) is 4.79 Å². The predicted molar refractivity (Wildman–Crippen MR) is 82.4 cm³/mol. The van der Waals surface area contributed by atoms with Gasteiger partial charge in [0.1, 0.15) is 0 Å². The maximum Gasteiger partial charge on any atom is 0.222 e. The zero-order chi connectivity index (χ0) is 14.5. The molecule has 0 saturated carbocycles. The summed E-state index contributed by atoms with van der Waals surface area (Å²) in [6, 6.07) is 10.4. The normalized spacial score (nSPS) is 22.5. The third-order valence-corrected chi connectivity index (χ3v) is 4.26. The summed E-state index contributed by atoms with van der Waals surface area (Å²) < 4.78 is 0. The molecule has 2 atom stereocenters. The number of benzene rings is 1. The summed E-state index contributed by atoms with van der Waals surface area (Å²) in [5.74, 6) is 1.65. The average Bonchev–Trinajstić information content (AvgIpc) is 2.90. The molecule has 1 amide bonds. The van der Waals surface area contributed by atoms with Crippen LogP contribution in [0.5, 0.6) is 0 Å². The second-order valence-electron chi connectivity index (χ2n) is 6.24. The van der Waals surface area contributed by atoms with Crippen LogP contribution in [-0.2, 0) is 4.79 Å². The number of hydrogen-bond donors (Lipinski definition) is 1. The number of hydrogen-bond acceptors (Lipinski definition) is 2. The molecule has 0 spiro atoms. The minimum absolute atomic E-state index is 0.288. The van der Waals surface area contributed by atoms with E-state index in [1.54, 1.807) is 0 Å². The fourth-order valence-corrected chi connectivity index (χ4v) is 2.96. The molecule has 20 heavy (non-hydrogen) atoms. The molecular formula is C17H26N2O. The molecule has 0 aliphatic carbocycles. The Hall–Kier alpha value is -1.35. The number of carbonyl (C=O) groups excluding carboxylic acids is 1. The van der Waals surface area contributed by atoms with Crippen molar-refractivity contribution >= 4 is 5.91 Å².